The first-order valence-electron chi connectivity index (χ1n) is 7.46. The molecule has 98 valence electrons. The Morgan fingerprint density at radius 1 is 1.06 bits per heavy atom. The Labute approximate surface area is 110 Å². The van der Waals surface area contributed by atoms with Crippen molar-refractivity contribution in [1.29, 1.82) is 0 Å². The molecule has 0 bridgehead atoms. The smallest absolute Gasteiger partial charge is 0.0664 e. The molecule has 1 unspecified atom stereocenters. The van der Waals surface area contributed by atoms with Gasteiger partial charge in [0, 0.05) is 5.41 Å². The number of aliphatic hydroxyl groups excluding tert-OH is 1. The van der Waals surface area contributed by atoms with Crippen LogP contribution in [0.4, 0.5) is 0 Å². The first-order valence-corrected chi connectivity index (χ1v) is 7.46. The van der Waals surface area contributed by atoms with Gasteiger partial charge < -0.3 is 5.11 Å². The van der Waals surface area contributed by atoms with Gasteiger partial charge in [-0.25, -0.2) is 0 Å². The second kappa shape index (κ2) is 4.70. The summed E-state index contributed by atoms with van der Waals surface area (Å²) in [5.74, 6) is 1.39. The van der Waals surface area contributed by atoms with Gasteiger partial charge in [0.15, 0.2) is 0 Å². The van der Waals surface area contributed by atoms with Crippen molar-refractivity contribution in [3.8, 4) is 0 Å². The fraction of sp³-hybridized carbons (Fsp3) is 0.647. The van der Waals surface area contributed by atoms with Crippen molar-refractivity contribution in [2.75, 3.05) is 0 Å². The van der Waals surface area contributed by atoms with E-state index in [1.165, 1.54) is 44.1 Å². The molecule has 18 heavy (non-hydrogen) atoms. The SMILES string of the molecule is CC1CCC(C(O)C2(c3ccccc3)CC2)CC1. The van der Waals surface area contributed by atoms with Crippen molar-refractivity contribution in [3.05, 3.63) is 35.9 Å². The number of aliphatic hydroxyl groups is 1. The van der Waals surface area contributed by atoms with Gasteiger partial charge in [-0.15, -0.1) is 0 Å². The van der Waals surface area contributed by atoms with E-state index in [-0.39, 0.29) is 11.5 Å². The molecule has 2 fully saturated rings. The van der Waals surface area contributed by atoms with E-state index < -0.39 is 0 Å². The largest absolute Gasteiger partial charge is 0.392 e. The lowest BCUT2D eigenvalue weighted by atomic mass is 9.74. The molecule has 0 amide bonds. The highest BCUT2D eigenvalue weighted by molar-refractivity contribution is 5.33. The standard InChI is InChI=1S/C17H24O/c1-13-7-9-14(10-8-13)16(18)17(11-12-17)15-5-3-2-4-6-15/h2-6,13-14,16,18H,7-12H2,1H3. The topological polar surface area (TPSA) is 20.2 Å². The van der Waals surface area contributed by atoms with Crippen LogP contribution in [-0.2, 0) is 5.41 Å². The number of rotatable bonds is 3. The first kappa shape index (κ1) is 12.2. The zero-order valence-corrected chi connectivity index (χ0v) is 11.3. The first-order chi connectivity index (χ1) is 8.72. The van der Waals surface area contributed by atoms with Crippen molar-refractivity contribution in [3.63, 3.8) is 0 Å². The van der Waals surface area contributed by atoms with Gasteiger partial charge in [-0.3, -0.25) is 0 Å². The second-order valence-corrected chi connectivity index (χ2v) is 6.49. The lowest BCUT2D eigenvalue weighted by Gasteiger charge is -2.34. The summed E-state index contributed by atoms with van der Waals surface area (Å²) in [4.78, 5) is 0. The molecule has 0 radical (unpaired) electrons. The minimum atomic E-state index is -0.118. The molecule has 0 heterocycles. The van der Waals surface area contributed by atoms with Gasteiger partial charge in [0.05, 0.1) is 6.10 Å². The molecule has 1 heteroatoms. The molecular formula is C17H24O. The molecule has 0 aliphatic heterocycles. The summed E-state index contributed by atoms with van der Waals surface area (Å²) in [5.41, 5.74) is 1.46. The van der Waals surface area contributed by atoms with Crippen molar-refractivity contribution >= 4 is 0 Å². The molecule has 0 aromatic heterocycles. The van der Waals surface area contributed by atoms with E-state index in [0.29, 0.717) is 5.92 Å². The molecule has 1 aromatic rings. The highest BCUT2D eigenvalue weighted by Crippen LogP contribution is 2.54. The van der Waals surface area contributed by atoms with Gasteiger partial charge in [-0.05, 0) is 43.1 Å². The van der Waals surface area contributed by atoms with E-state index in [9.17, 15) is 5.11 Å². The Morgan fingerprint density at radius 2 is 1.67 bits per heavy atom. The van der Waals surface area contributed by atoms with Crippen LogP contribution in [-0.4, -0.2) is 11.2 Å². The third-order valence-corrected chi connectivity index (χ3v) is 5.21. The fourth-order valence-corrected chi connectivity index (χ4v) is 3.71. The minimum absolute atomic E-state index is 0.104. The summed E-state index contributed by atoms with van der Waals surface area (Å²) in [5, 5.41) is 10.8. The zero-order valence-electron chi connectivity index (χ0n) is 11.3. The van der Waals surface area contributed by atoms with Crippen molar-refractivity contribution in [2.45, 2.75) is 57.0 Å². The van der Waals surface area contributed by atoms with Crippen molar-refractivity contribution in [2.24, 2.45) is 11.8 Å². The number of benzene rings is 1. The molecule has 1 aromatic carbocycles. The van der Waals surface area contributed by atoms with Crippen molar-refractivity contribution in [1.82, 2.24) is 0 Å². The van der Waals surface area contributed by atoms with Gasteiger partial charge in [-0.1, -0.05) is 50.1 Å². The predicted octanol–water partition coefficient (Wildman–Crippen LogP) is 3.91. The Balaban J connectivity index is 1.74. The van der Waals surface area contributed by atoms with Crippen LogP contribution in [0.1, 0.15) is 51.0 Å². The van der Waals surface area contributed by atoms with Gasteiger partial charge in [0.2, 0.25) is 0 Å². The summed E-state index contributed by atoms with van der Waals surface area (Å²) >= 11 is 0. The van der Waals surface area contributed by atoms with Crippen LogP contribution < -0.4 is 0 Å². The molecule has 1 N–H and O–H groups in total. The summed E-state index contributed by atoms with van der Waals surface area (Å²) in [6.45, 7) is 2.34. The van der Waals surface area contributed by atoms with Crippen LogP contribution in [0, 0.1) is 11.8 Å². The highest BCUT2D eigenvalue weighted by atomic mass is 16.3. The summed E-state index contributed by atoms with van der Waals surface area (Å²) in [6.07, 6.45) is 7.26. The van der Waals surface area contributed by atoms with Gasteiger partial charge in [0.1, 0.15) is 0 Å². The van der Waals surface area contributed by atoms with E-state index in [0.717, 1.165) is 5.92 Å². The van der Waals surface area contributed by atoms with E-state index >= 15 is 0 Å². The van der Waals surface area contributed by atoms with Crippen LogP contribution >= 0.6 is 0 Å². The Morgan fingerprint density at radius 3 is 2.22 bits per heavy atom. The molecule has 1 atom stereocenters. The maximum absolute atomic E-state index is 10.8. The molecule has 2 aliphatic carbocycles. The third-order valence-electron chi connectivity index (χ3n) is 5.21. The maximum Gasteiger partial charge on any atom is 0.0664 e. The van der Waals surface area contributed by atoms with Gasteiger partial charge >= 0.3 is 0 Å². The average Bonchev–Trinajstić information content (AvgIpc) is 3.21. The molecule has 0 saturated heterocycles. The average molecular weight is 244 g/mol. The Bertz CT molecular complexity index is 385. The third kappa shape index (κ3) is 2.09. The monoisotopic (exact) mass is 244 g/mol. The Hall–Kier alpha value is -0.820. The summed E-state index contributed by atoms with van der Waals surface area (Å²) in [7, 11) is 0. The molecule has 2 aliphatic rings. The quantitative estimate of drug-likeness (QED) is 0.855. The van der Waals surface area contributed by atoms with E-state index in [1.807, 2.05) is 0 Å². The number of hydrogen-bond acceptors (Lipinski definition) is 1. The molecular weight excluding hydrogens is 220 g/mol. The van der Waals surface area contributed by atoms with Crippen LogP contribution in [0.5, 0.6) is 0 Å². The normalized spacial score (nSPS) is 31.9. The molecule has 2 saturated carbocycles. The molecule has 1 nitrogen and oxygen atoms in total. The van der Waals surface area contributed by atoms with Gasteiger partial charge in [-0.2, -0.15) is 0 Å². The fourth-order valence-electron chi connectivity index (χ4n) is 3.71. The number of hydrogen-bond donors (Lipinski definition) is 1. The minimum Gasteiger partial charge on any atom is -0.392 e. The van der Waals surface area contributed by atoms with Crippen LogP contribution in [0.2, 0.25) is 0 Å². The lowest BCUT2D eigenvalue weighted by Crippen LogP contribution is -2.35. The lowest BCUT2D eigenvalue weighted by molar-refractivity contribution is 0.0438. The van der Waals surface area contributed by atoms with Crippen molar-refractivity contribution < 1.29 is 5.11 Å². The summed E-state index contributed by atoms with van der Waals surface area (Å²) < 4.78 is 0. The van der Waals surface area contributed by atoms with Gasteiger partial charge in [0.25, 0.3) is 0 Å². The Kier molecular flexibility index (Phi) is 3.19. The van der Waals surface area contributed by atoms with E-state index in [1.54, 1.807) is 0 Å². The summed E-state index contributed by atoms with van der Waals surface area (Å²) in [6, 6.07) is 10.7. The van der Waals surface area contributed by atoms with Crippen LogP contribution in [0.25, 0.3) is 0 Å². The molecule has 3 rings (SSSR count). The van der Waals surface area contributed by atoms with E-state index in [2.05, 4.69) is 37.3 Å². The van der Waals surface area contributed by atoms with E-state index in [4.69, 9.17) is 0 Å². The highest BCUT2D eigenvalue weighted by Gasteiger charge is 2.52. The predicted molar refractivity (Wildman–Crippen MR) is 74.5 cm³/mol. The van der Waals surface area contributed by atoms with Crippen LogP contribution in [0.15, 0.2) is 30.3 Å². The second-order valence-electron chi connectivity index (χ2n) is 6.49. The zero-order chi connectivity index (χ0) is 12.6. The molecule has 0 spiro atoms. The van der Waals surface area contributed by atoms with Crippen LogP contribution in [0.3, 0.4) is 0 Å². The maximum atomic E-state index is 10.8.